The summed E-state index contributed by atoms with van der Waals surface area (Å²) in [6, 6.07) is 19.3. The summed E-state index contributed by atoms with van der Waals surface area (Å²) in [5.41, 5.74) is 7.56. The highest BCUT2D eigenvalue weighted by Crippen LogP contribution is 2.32. The molecule has 20 heavy (non-hydrogen) atoms. The minimum atomic E-state index is 0.620. The summed E-state index contributed by atoms with van der Waals surface area (Å²) in [7, 11) is 1.82. The highest BCUT2D eigenvalue weighted by atomic mass is 16.5. The molecule has 0 bridgehead atoms. The van der Waals surface area contributed by atoms with Crippen molar-refractivity contribution in [3.63, 3.8) is 0 Å². The Balaban J connectivity index is 2.00. The molecule has 3 aromatic rings. The van der Waals surface area contributed by atoms with Gasteiger partial charge in [0, 0.05) is 18.7 Å². The van der Waals surface area contributed by atoms with Crippen molar-refractivity contribution in [3.05, 3.63) is 60.7 Å². The first-order valence-electron chi connectivity index (χ1n) is 6.36. The number of rotatable bonds is 3. The molecule has 2 aromatic carbocycles. The molecule has 0 spiro atoms. The predicted molar refractivity (Wildman–Crippen MR) is 79.6 cm³/mol. The molecule has 0 unspecified atom stereocenters. The first-order chi connectivity index (χ1) is 9.74. The van der Waals surface area contributed by atoms with E-state index in [-0.39, 0.29) is 0 Å². The van der Waals surface area contributed by atoms with E-state index < -0.39 is 0 Å². The van der Waals surface area contributed by atoms with E-state index in [4.69, 9.17) is 10.5 Å². The molecule has 0 radical (unpaired) electrons. The van der Waals surface area contributed by atoms with Crippen LogP contribution in [-0.4, -0.2) is 9.78 Å². The first kappa shape index (κ1) is 12.3. The molecule has 1 aromatic heterocycles. The number of nitrogens with two attached hydrogens (primary N) is 1. The maximum atomic E-state index is 5.92. The minimum Gasteiger partial charge on any atom is -0.457 e. The highest BCUT2D eigenvalue weighted by Gasteiger charge is 2.11. The molecule has 0 atom stereocenters. The van der Waals surface area contributed by atoms with Crippen molar-refractivity contribution in [1.82, 2.24) is 9.78 Å². The van der Waals surface area contributed by atoms with Crippen LogP contribution in [0.5, 0.6) is 11.5 Å². The predicted octanol–water partition coefficient (Wildman–Crippen LogP) is 3.46. The Morgan fingerprint density at radius 3 is 2.40 bits per heavy atom. The summed E-state index contributed by atoms with van der Waals surface area (Å²) in [5.74, 6) is 2.18. The molecular formula is C16H15N3O. The second-order valence-electron chi connectivity index (χ2n) is 4.49. The molecule has 0 saturated carbocycles. The van der Waals surface area contributed by atoms with E-state index in [0.717, 1.165) is 22.8 Å². The van der Waals surface area contributed by atoms with Crippen molar-refractivity contribution in [2.24, 2.45) is 7.05 Å². The van der Waals surface area contributed by atoms with Crippen molar-refractivity contribution in [2.45, 2.75) is 0 Å². The van der Waals surface area contributed by atoms with Crippen LogP contribution in [0.15, 0.2) is 60.7 Å². The number of hydrogen-bond donors (Lipinski definition) is 1. The fourth-order valence-corrected chi connectivity index (χ4v) is 2.00. The van der Waals surface area contributed by atoms with Gasteiger partial charge in [-0.1, -0.05) is 30.3 Å². The molecule has 0 aliphatic rings. The van der Waals surface area contributed by atoms with E-state index in [1.54, 1.807) is 4.68 Å². The van der Waals surface area contributed by atoms with Gasteiger partial charge in [-0.25, -0.2) is 0 Å². The van der Waals surface area contributed by atoms with Gasteiger partial charge in [-0.05, 0) is 24.3 Å². The maximum absolute atomic E-state index is 5.92. The summed E-state index contributed by atoms with van der Waals surface area (Å²) in [5, 5.41) is 4.39. The van der Waals surface area contributed by atoms with E-state index in [0.29, 0.717) is 5.82 Å². The van der Waals surface area contributed by atoms with Crippen LogP contribution in [0, 0.1) is 0 Å². The molecule has 1 heterocycles. The average molecular weight is 265 g/mol. The van der Waals surface area contributed by atoms with Crippen molar-refractivity contribution in [1.29, 1.82) is 0 Å². The molecule has 4 nitrogen and oxygen atoms in total. The molecule has 0 aliphatic heterocycles. The Bertz CT molecular complexity index is 700. The molecule has 0 fully saturated rings. The number of anilines is 1. The largest absolute Gasteiger partial charge is 0.457 e. The molecule has 3 rings (SSSR count). The van der Waals surface area contributed by atoms with Gasteiger partial charge in [0.15, 0.2) is 0 Å². The number of aryl methyl sites for hydroxylation is 1. The lowest BCUT2D eigenvalue weighted by molar-refractivity contribution is 0.484. The van der Waals surface area contributed by atoms with Crippen LogP contribution in [0.4, 0.5) is 5.82 Å². The van der Waals surface area contributed by atoms with Gasteiger partial charge in [-0.3, -0.25) is 4.68 Å². The van der Waals surface area contributed by atoms with Crippen LogP contribution < -0.4 is 10.5 Å². The zero-order chi connectivity index (χ0) is 13.9. The maximum Gasteiger partial charge on any atom is 0.136 e. The number of nitrogen functional groups attached to an aromatic ring is 1. The summed E-state index contributed by atoms with van der Waals surface area (Å²) >= 11 is 0. The normalized spacial score (nSPS) is 10.4. The van der Waals surface area contributed by atoms with E-state index in [2.05, 4.69) is 5.10 Å². The minimum absolute atomic E-state index is 0.620. The number of para-hydroxylation sites is 2. The van der Waals surface area contributed by atoms with E-state index >= 15 is 0 Å². The van der Waals surface area contributed by atoms with Gasteiger partial charge < -0.3 is 10.5 Å². The van der Waals surface area contributed by atoms with E-state index in [1.165, 1.54) is 0 Å². The second-order valence-corrected chi connectivity index (χ2v) is 4.49. The molecular weight excluding hydrogens is 250 g/mol. The zero-order valence-electron chi connectivity index (χ0n) is 11.2. The zero-order valence-corrected chi connectivity index (χ0v) is 11.2. The number of nitrogens with zero attached hydrogens (tertiary/aromatic N) is 2. The number of aromatic nitrogens is 2. The first-order valence-corrected chi connectivity index (χ1v) is 6.36. The number of ether oxygens (including phenoxy) is 1. The third-order valence-electron chi connectivity index (χ3n) is 3.05. The quantitative estimate of drug-likeness (QED) is 0.789. The molecule has 100 valence electrons. The highest BCUT2D eigenvalue weighted by molar-refractivity contribution is 5.69. The van der Waals surface area contributed by atoms with Gasteiger partial charge in [-0.15, -0.1) is 0 Å². The lowest BCUT2D eigenvalue weighted by Crippen LogP contribution is -1.96. The van der Waals surface area contributed by atoms with Crippen LogP contribution in [-0.2, 0) is 7.05 Å². The fourth-order valence-electron chi connectivity index (χ4n) is 2.00. The van der Waals surface area contributed by atoms with Crippen molar-refractivity contribution < 1.29 is 4.74 Å². The Morgan fingerprint density at radius 2 is 1.70 bits per heavy atom. The molecule has 4 heteroatoms. The summed E-state index contributed by atoms with van der Waals surface area (Å²) in [4.78, 5) is 0. The van der Waals surface area contributed by atoms with Gasteiger partial charge in [0.2, 0.25) is 0 Å². The van der Waals surface area contributed by atoms with Crippen LogP contribution in [0.3, 0.4) is 0 Å². The second kappa shape index (κ2) is 5.09. The van der Waals surface area contributed by atoms with Crippen molar-refractivity contribution in [2.75, 3.05) is 5.73 Å². The van der Waals surface area contributed by atoms with Gasteiger partial charge in [0.25, 0.3) is 0 Å². The smallest absolute Gasteiger partial charge is 0.136 e. The van der Waals surface area contributed by atoms with Gasteiger partial charge in [-0.2, -0.15) is 5.10 Å². The van der Waals surface area contributed by atoms with Gasteiger partial charge in [0.1, 0.15) is 17.3 Å². The summed E-state index contributed by atoms with van der Waals surface area (Å²) in [6.07, 6.45) is 0. The lowest BCUT2D eigenvalue weighted by atomic mass is 10.1. The van der Waals surface area contributed by atoms with Gasteiger partial charge in [0.05, 0.1) is 5.69 Å². The third-order valence-corrected chi connectivity index (χ3v) is 3.05. The van der Waals surface area contributed by atoms with Crippen LogP contribution in [0.25, 0.3) is 11.3 Å². The Labute approximate surface area is 117 Å². The summed E-state index contributed by atoms with van der Waals surface area (Å²) < 4.78 is 7.57. The van der Waals surface area contributed by atoms with Gasteiger partial charge >= 0.3 is 0 Å². The Kier molecular flexibility index (Phi) is 3.13. The van der Waals surface area contributed by atoms with E-state index in [9.17, 15) is 0 Å². The van der Waals surface area contributed by atoms with Crippen molar-refractivity contribution in [3.8, 4) is 22.8 Å². The summed E-state index contributed by atoms with van der Waals surface area (Å²) in [6.45, 7) is 0. The third kappa shape index (κ3) is 2.36. The monoisotopic (exact) mass is 265 g/mol. The molecule has 0 saturated heterocycles. The molecule has 0 aliphatic carbocycles. The van der Waals surface area contributed by atoms with Crippen LogP contribution in [0.1, 0.15) is 0 Å². The lowest BCUT2D eigenvalue weighted by Gasteiger charge is -2.09. The van der Waals surface area contributed by atoms with Crippen LogP contribution in [0.2, 0.25) is 0 Å². The Hall–Kier alpha value is -2.75. The number of benzene rings is 2. The molecule has 2 N–H and O–H groups in total. The topological polar surface area (TPSA) is 53.1 Å². The van der Waals surface area contributed by atoms with Crippen LogP contribution >= 0.6 is 0 Å². The van der Waals surface area contributed by atoms with Crippen molar-refractivity contribution >= 4 is 5.82 Å². The van der Waals surface area contributed by atoms with E-state index in [1.807, 2.05) is 67.7 Å². The standard InChI is InChI=1S/C16H15N3O/c1-19-16(17)11-14(18-19)13-9-5-6-10-15(13)20-12-7-3-2-4-8-12/h2-11H,17H2,1H3. The fraction of sp³-hybridized carbons (Fsp3) is 0.0625. The Morgan fingerprint density at radius 1 is 1.00 bits per heavy atom. The average Bonchev–Trinajstić information content (AvgIpc) is 2.80. The number of hydrogen-bond acceptors (Lipinski definition) is 3. The SMILES string of the molecule is Cn1nc(-c2ccccc2Oc2ccccc2)cc1N. The molecule has 0 amide bonds.